The number of carboxylic acids is 1. The highest BCUT2D eigenvalue weighted by Gasteiger charge is 2.31. The van der Waals surface area contributed by atoms with E-state index >= 15 is 0 Å². The molecule has 0 atom stereocenters. The van der Waals surface area contributed by atoms with Gasteiger partial charge in [-0.25, -0.2) is 4.79 Å². The largest absolute Gasteiger partial charge is 0.573 e. The maximum Gasteiger partial charge on any atom is 0.573 e. The van der Waals surface area contributed by atoms with Crippen molar-refractivity contribution in [3.63, 3.8) is 0 Å². The zero-order chi connectivity index (χ0) is 14.8. The molecule has 0 fully saturated rings. The summed E-state index contributed by atoms with van der Waals surface area (Å²) in [6.07, 6.45) is -4.86. The molecule has 2 rings (SSSR count). The van der Waals surface area contributed by atoms with Crippen LogP contribution in [0.25, 0.3) is 11.1 Å². The smallest absolute Gasteiger partial charge is 0.478 e. The molecule has 0 aromatic heterocycles. The van der Waals surface area contributed by atoms with Gasteiger partial charge in [0, 0.05) is 0 Å². The summed E-state index contributed by atoms with van der Waals surface area (Å²) >= 11 is 0. The highest BCUT2D eigenvalue weighted by molar-refractivity contribution is 5.96. The van der Waals surface area contributed by atoms with Gasteiger partial charge in [0.2, 0.25) is 0 Å². The van der Waals surface area contributed by atoms with Crippen molar-refractivity contribution in [2.24, 2.45) is 0 Å². The summed E-state index contributed by atoms with van der Waals surface area (Å²) in [6, 6.07) is 11.8. The van der Waals surface area contributed by atoms with Crippen molar-refractivity contribution >= 4 is 5.97 Å². The molecule has 6 heteroatoms. The molecule has 0 spiro atoms. The highest BCUT2D eigenvalue weighted by atomic mass is 19.4. The van der Waals surface area contributed by atoms with Gasteiger partial charge in [-0.1, -0.05) is 30.3 Å². The molecular formula is C14H9F3O3. The first-order chi connectivity index (χ1) is 9.37. The predicted octanol–water partition coefficient (Wildman–Crippen LogP) is 3.95. The van der Waals surface area contributed by atoms with Crippen LogP contribution in [0.3, 0.4) is 0 Å². The fourth-order valence-corrected chi connectivity index (χ4v) is 1.77. The van der Waals surface area contributed by atoms with E-state index in [1.807, 2.05) is 0 Å². The summed E-state index contributed by atoms with van der Waals surface area (Å²) in [5.41, 5.74) is 0.675. The van der Waals surface area contributed by atoms with Crippen molar-refractivity contribution in [3.05, 3.63) is 54.1 Å². The molecular weight excluding hydrogens is 273 g/mol. The lowest BCUT2D eigenvalue weighted by Gasteiger charge is -2.12. The Morgan fingerprint density at radius 3 is 2.25 bits per heavy atom. The number of ether oxygens (including phenoxy) is 1. The Kier molecular flexibility index (Phi) is 3.65. The van der Waals surface area contributed by atoms with E-state index in [2.05, 4.69) is 4.74 Å². The Labute approximate surface area is 112 Å². The zero-order valence-corrected chi connectivity index (χ0v) is 10.0. The molecule has 2 aromatic rings. The summed E-state index contributed by atoms with van der Waals surface area (Å²) in [6.45, 7) is 0. The summed E-state index contributed by atoms with van der Waals surface area (Å²) < 4.78 is 40.1. The number of aromatic carboxylic acids is 1. The van der Waals surface area contributed by atoms with E-state index in [1.54, 1.807) is 30.3 Å². The number of carboxylic acid groups (broad SMARTS) is 1. The fourth-order valence-electron chi connectivity index (χ4n) is 1.77. The van der Waals surface area contributed by atoms with E-state index < -0.39 is 18.1 Å². The molecule has 0 saturated heterocycles. The average molecular weight is 282 g/mol. The van der Waals surface area contributed by atoms with Crippen LogP contribution in [-0.2, 0) is 0 Å². The molecule has 104 valence electrons. The molecule has 0 aliphatic heterocycles. The van der Waals surface area contributed by atoms with Crippen molar-refractivity contribution in [1.29, 1.82) is 0 Å². The van der Waals surface area contributed by atoms with E-state index in [0.29, 0.717) is 11.1 Å². The minimum absolute atomic E-state index is 0.252. The first kappa shape index (κ1) is 13.9. The highest BCUT2D eigenvalue weighted by Crippen LogP contribution is 2.30. The summed E-state index contributed by atoms with van der Waals surface area (Å²) in [5.74, 6) is -1.88. The second-order valence-electron chi connectivity index (χ2n) is 3.93. The SMILES string of the molecule is O=C(O)c1cc(OC(F)(F)F)ccc1-c1ccccc1. The first-order valence-electron chi connectivity index (χ1n) is 5.55. The molecule has 0 radical (unpaired) electrons. The molecule has 2 aromatic carbocycles. The Morgan fingerprint density at radius 1 is 1.05 bits per heavy atom. The van der Waals surface area contributed by atoms with E-state index in [0.717, 1.165) is 12.1 Å². The molecule has 0 aliphatic rings. The van der Waals surface area contributed by atoms with Gasteiger partial charge in [-0.15, -0.1) is 13.2 Å². The Hall–Kier alpha value is -2.50. The normalized spacial score (nSPS) is 11.2. The fraction of sp³-hybridized carbons (Fsp3) is 0.0714. The molecule has 0 bridgehead atoms. The van der Waals surface area contributed by atoms with E-state index in [1.165, 1.54) is 6.07 Å². The standard InChI is InChI=1S/C14H9F3O3/c15-14(16,17)20-10-6-7-11(12(8-10)13(18)19)9-4-2-1-3-5-9/h1-8H,(H,18,19). The van der Waals surface area contributed by atoms with E-state index in [9.17, 15) is 18.0 Å². The van der Waals surface area contributed by atoms with Gasteiger partial charge in [-0.3, -0.25) is 0 Å². The lowest BCUT2D eigenvalue weighted by atomic mass is 9.99. The maximum atomic E-state index is 12.1. The van der Waals surface area contributed by atoms with Gasteiger partial charge in [0.25, 0.3) is 0 Å². The second kappa shape index (κ2) is 5.24. The van der Waals surface area contributed by atoms with Crippen LogP contribution in [0, 0.1) is 0 Å². The minimum Gasteiger partial charge on any atom is -0.478 e. The monoisotopic (exact) mass is 282 g/mol. The van der Waals surface area contributed by atoms with Crippen LogP contribution >= 0.6 is 0 Å². The van der Waals surface area contributed by atoms with Gasteiger partial charge in [0.1, 0.15) is 5.75 Å². The van der Waals surface area contributed by atoms with Gasteiger partial charge in [0.05, 0.1) is 5.56 Å². The third-order valence-corrected chi connectivity index (χ3v) is 2.54. The average Bonchev–Trinajstić information content (AvgIpc) is 2.37. The van der Waals surface area contributed by atoms with Crippen LogP contribution in [0.15, 0.2) is 48.5 Å². The van der Waals surface area contributed by atoms with Crippen LogP contribution < -0.4 is 4.74 Å². The number of benzene rings is 2. The molecule has 3 nitrogen and oxygen atoms in total. The number of carbonyl (C=O) groups is 1. The molecule has 0 saturated carbocycles. The Bertz CT molecular complexity index is 621. The van der Waals surface area contributed by atoms with Gasteiger partial charge in [-0.2, -0.15) is 0 Å². The zero-order valence-electron chi connectivity index (χ0n) is 10.0. The van der Waals surface area contributed by atoms with E-state index in [-0.39, 0.29) is 5.56 Å². The third-order valence-electron chi connectivity index (χ3n) is 2.54. The predicted molar refractivity (Wildman–Crippen MR) is 65.5 cm³/mol. The van der Waals surface area contributed by atoms with Crippen molar-refractivity contribution in [3.8, 4) is 16.9 Å². The number of hydrogen-bond acceptors (Lipinski definition) is 2. The van der Waals surface area contributed by atoms with Gasteiger partial charge < -0.3 is 9.84 Å². The van der Waals surface area contributed by atoms with Crippen LogP contribution in [-0.4, -0.2) is 17.4 Å². The number of alkyl halides is 3. The second-order valence-corrected chi connectivity index (χ2v) is 3.93. The lowest BCUT2D eigenvalue weighted by molar-refractivity contribution is -0.274. The molecule has 0 unspecified atom stereocenters. The first-order valence-corrected chi connectivity index (χ1v) is 5.55. The van der Waals surface area contributed by atoms with Crippen LogP contribution in [0.1, 0.15) is 10.4 Å². The maximum absolute atomic E-state index is 12.1. The number of halogens is 3. The van der Waals surface area contributed by atoms with Crippen LogP contribution in [0.4, 0.5) is 13.2 Å². The third kappa shape index (κ3) is 3.28. The number of hydrogen-bond donors (Lipinski definition) is 1. The summed E-state index contributed by atoms with van der Waals surface area (Å²) in [4.78, 5) is 11.2. The van der Waals surface area contributed by atoms with Gasteiger partial charge in [-0.05, 0) is 29.3 Å². The summed E-state index contributed by atoms with van der Waals surface area (Å²) in [5, 5.41) is 9.11. The molecule has 20 heavy (non-hydrogen) atoms. The molecule has 0 amide bonds. The summed E-state index contributed by atoms with van der Waals surface area (Å²) in [7, 11) is 0. The lowest BCUT2D eigenvalue weighted by Crippen LogP contribution is -2.17. The quantitative estimate of drug-likeness (QED) is 0.927. The molecule has 0 aliphatic carbocycles. The van der Waals surface area contributed by atoms with E-state index in [4.69, 9.17) is 5.11 Å². The topological polar surface area (TPSA) is 46.5 Å². The van der Waals surface area contributed by atoms with Crippen molar-refractivity contribution in [2.45, 2.75) is 6.36 Å². The molecule has 1 N–H and O–H groups in total. The van der Waals surface area contributed by atoms with Gasteiger partial charge >= 0.3 is 12.3 Å². The van der Waals surface area contributed by atoms with Gasteiger partial charge in [0.15, 0.2) is 0 Å². The Balaban J connectivity index is 2.47. The minimum atomic E-state index is -4.86. The van der Waals surface area contributed by atoms with Crippen molar-refractivity contribution in [1.82, 2.24) is 0 Å². The Morgan fingerprint density at radius 2 is 1.70 bits per heavy atom. The van der Waals surface area contributed by atoms with Crippen molar-refractivity contribution < 1.29 is 27.8 Å². The molecule has 0 heterocycles. The van der Waals surface area contributed by atoms with Crippen LogP contribution in [0.5, 0.6) is 5.75 Å². The number of rotatable bonds is 3. The van der Waals surface area contributed by atoms with Crippen molar-refractivity contribution in [2.75, 3.05) is 0 Å². The van der Waals surface area contributed by atoms with Crippen LogP contribution in [0.2, 0.25) is 0 Å².